The molecule has 1 aromatic carbocycles. The number of halogens is 2. The number of benzene rings is 1. The van der Waals surface area contributed by atoms with Gasteiger partial charge in [-0.25, -0.2) is 4.98 Å². The summed E-state index contributed by atoms with van der Waals surface area (Å²) in [5, 5.41) is 4.00. The van der Waals surface area contributed by atoms with Crippen molar-refractivity contribution in [3.05, 3.63) is 58.7 Å². The summed E-state index contributed by atoms with van der Waals surface area (Å²) < 4.78 is 0. The molecule has 0 atom stereocenters. The van der Waals surface area contributed by atoms with Crippen LogP contribution in [0.1, 0.15) is 15.9 Å². The first-order valence-corrected chi connectivity index (χ1v) is 6.77. The van der Waals surface area contributed by atoms with E-state index in [0.717, 1.165) is 10.9 Å². The molecule has 5 heteroatoms. The molecule has 0 spiro atoms. The summed E-state index contributed by atoms with van der Waals surface area (Å²) >= 11 is 9.17. The molecule has 1 aromatic heterocycles. The molecule has 18 heavy (non-hydrogen) atoms. The van der Waals surface area contributed by atoms with E-state index in [9.17, 15) is 4.79 Å². The Morgan fingerprint density at radius 3 is 2.61 bits per heavy atom. The number of alkyl halides is 1. The summed E-state index contributed by atoms with van der Waals surface area (Å²) in [6.07, 6.45) is 1.55. The molecular weight excluding hydrogens is 316 g/mol. The van der Waals surface area contributed by atoms with Crippen molar-refractivity contribution in [1.82, 2.24) is 4.98 Å². The maximum absolute atomic E-state index is 11.9. The molecule has 0 bridgehead atoms. The van der Waals surface area contributed by atoms with Crippen molar-refractivity contribution in [3.8, 4) is 0 Å². The van der Waals surface area contributed by atoms with Gasteiger partial charge in [0.05, 0.1) is 0 Å². The Balaban J connectivity index is 2.11. The van der Waals surface area contributed by atoms with Crippen LogP contribution in [-0.2, 0) is 5.33 Å². The Morgan fingerprint density at radius 2 is 2.00 bits per heavy atom. The lowest BCUT2D eigenvalue weighted by molar-refractivity contribution is 0.102. The summed E-state index contributed by atoms with van der Waals surface area (Å²) in [5.74, 6) is 0.239. The van der Waals surface area contributed by atoms with Gasteiger partial charge in [0.25, 0.3) is 5.91 Å². The number of hydrogen-bond donors (Lipinski definition) is 1. The summed E-state index contributed by atoms with van der Waals surface area (Å²) in [7, 11) is 0. The number of nitrogens with one attached hydrogen (secondary N) is 1. The Bertz CT molecular complexity index is 557. The van der Waals surface area contributed by atoms with Crippen LogP contribution in [0.15, 0.2) is 42.6 Å². The summed E-state index contributed by atoms with van der Waals surface area (Å²) in [4.78, 5) is 15.9. The lowest BCUT2D eigenvalue weighted by Crippen LogP contribution is -2.12. The highest BCUT2D eigenvalue weighted by molar-refractivity contribution is 9.08. The Labute approximate surface area is 118 Å². The van der Waals surface area contributed by atoms with E-state index in [1.807, 2.05) is 12.1 Å². The number of nitrogens with zero attached hydrogens (tertiary/aromatic N) is 1. The number of rotatable bonds is 3. The molecule has 2 aromatic rings. The average Bonchev–Trinajstić information content (AvgIpc) is 2.39. The normalized spacial score (nSPS) is 10.1. The lowest BCUT2D eigenvalue weighted by Gasteiger charge is -2.05. The van der Waals surface area contributed by atoms with E-state index in [0.29, 0.717) is 16.4 Å². The molecule has 0 unspecified atom stereocenters. The largest absolute Gasteiger partial charge is 0.307 e. The molecule has 0 saturated heterocycles. The van der Waals surface area contributed by atoms with Gasteiger partial charge in [-0.3, -0.25) is 4.79 Å². The highest BCUT2D eigenvalue weighted by Crippen LogP contribution is 2.13. The standard InChI is InChI=1S/C13H10BrClN2O/c14-8-9-1-3-10(4-2-9)13(18)17-12-7-11(15)5-6-16-12/h1-7H,8H2,(H,16,17,18). The fourth-order valence-electron chi connectivity index (χ4n) is 1.41. The van der Waals surface area contributed by atoms with Gasteiger partial charge in [-0.05, 0) is 29.8 Å². The van der Waals surface area contributed by atoms with Crippen molar-refractivity contribution in [3.63, 3.8) is 0 Å². The van der Waals surface area contributed by atoms with E-state index in [2.05, 4.69) is 26.2 Å². The number of aromatic nitrogens is 1. The number of amides is 1. The second-order valence-electron chi connectivity index (χ2n) is 3.64. The molecule has 2 rings (SSSR count). The van der Waals surface area contributed by atoms with Crippen LogP contribution in [0.25, 0.3) is 0 Å². The number of anilines is 1. The van der Waals surface area contributed by atoms with Gasteiger partial charge in [-0.1, -0.05) is 39.7 Å². The molecule has 0 fully saturated rings. The van der Waals surface area contributed by atoms with Crippen molar-refractivity contribution < 1.29 is 4.79 Å². The van der Waals surface area contributed by atoms with E-state index in [1.165, 1.54) is 0 Å². The number of hydrogen-bond acceptors (Lipinski definition) is 2. The van der Waals surface area contributed by atoms with E-state index in [1.54, 1.807) is 30.5 Å². The van der Waals surface area contributed by atoms with Gasteiger partial charge in [-0.15, -0.1) is 0 Å². The lowest BCUT2D eigenvalue weighted by atomic mass is 10.1. The second-order valence-corrected chi connectivity index (χ2v) is 4.64. The SMILES string of the molecule is O=C(Nc1cc(Cl)ccn1)c1ccc(CBr)cc1. The van der Waals surface area contributed by atoms with Crippen LogP contribution in [0.3, 0.4) is 0 Å². The maximum Gasteiger partial charge on any atom is 0.256 e. The van der Waals surface area contributed by atoms with Crippen LogP contribution in [-0.4, -0.2) is 10.9 Å². The first-order valence-electron chi connectivity index (χ1n) is 5.27. The molecular formula is C13H10BrClN2O. The number of carbonyl (C=O) groups is 1. The molecule has 0 radical (unpaired) electrons. The molecule has 0 aliphatic carbocycles. The van der Waals surface area contributed by atoms with Crippen LogP contribution in [0, 0.1) is 0 Å². The molecule has 0 saturated carbocycles. The number of pyridine rings is 1. The Hall–Kier alpha value is -1.39. The van der Waals surface area contributed by atoms with Gasteiger partial charge in [0, 0.05) is 22.1 Å². The third-order valence-corrected chi connectivity index (χ3v) is 3.22. The summed E-state index contributed by atoms with van der Waals surface area (Å²) in [6, 6.07) is 10.6. The zero-order valence-electron chi connectivity index (χ0n) is 9.36. The van der Waals surface area contributed by atoms with Gasteiger partial charge in [-0.2, -0.15) is 0 Å². The first kappa shape index (κ1) is 13.1. The molecule has 1 amide bonds. The third kappa shape index (κ3) is 3.31. The van der Waals surface area contributed by atoms with Crippen LogP contribution in [0.4, 0.5) is 5.82 Å². The van der Waals surface area contributed by atoms with Crippen LogP contribution in [0.5, 0.6) is 0 Å². The van der Waals surface area contributed by atoms with Crippen molar-refractivity contribution in [1.29, 1.82) is 0 Å². The summed E-state index contributed by atoms with van der Waals surface area (Å²) in [6.45, 7) is 0. The van der Waals surface area contributed by atoms with E-state index < -0.39 is 0 Å². The van der Waals surface area contributed by atoms with Crippen LogP contribution < -0.4 is 5.32 Å². The minimum Gasteiger partial charge on any atom is -0.307 e. The Kier molecular flexibility index (Phi) is 4.33. The van der Waals surface area contributed by atoms with Gasteiger partial charge >= 0.3 is 0 Å². The molecule has 0 aliphatic heterocycles. The van der Waals surface area contributed by atoms with Crippen molar-refractivity contribution in [2.24, 2.45) is 0 Å². The fourth-order valence-corrected chi connectivity index (χ4v) is 1.94. The van der Waals surface area contributed by atoms with E-state index in [-0.39, 0.29) is 5.91 Å². The predicted molar refractivity (Wildman–Crippen MR) is 76.3 cm³/mol. The second kappa shape index (κ2) is 5.98. The smallest absolute Gasteiger partial charge is 0.256 e. The van der Waals surface area contributed by atoms with E-state index >= 15 is 0 Å². The molecule has 1 heterocycles. The van der Waals surface area contributed by atoms with E-state index in [4.69, 9.17) is 11.6 Å². The number of carbonyl (C=O) groups excluding carboxylic acids is 1. The van der Waals surface area contributed by atoms with Crippen molar-refractivity contribution in [2.75, 3.05) is 5.32 Å². The van der Waals surface area contributed by atoms with Gasteiger partial charge in [0.2, 0.25) is 0 Å². The maximum atomic E-state index is 11.9. The zero-order valence-corrected chi connectivity index (χ0v) is 11.7. The van der Waals surface area contributed by atoms with Crippen LogP contribution >= 0.6 is 27.5 Å². The Morgan fingerprint density at radius 1 is 1.28 bits per heavy atom. The topological polar surface area (TPSA) is 42.0 Å². The minimum atomic E-state index is -0.203. The molecule has 1 N–H and O–H groups in total. The van der Waals surface area contributed by atoms with Crippen molar-refractivity contribution >= 4 is 39.3 Å². The zero-order chi connectivity index (χ0) is 13.0. The van der Waals surface area contributed by atoms with Gasteiger partial charge in [0.15, 0.2) is 0 Å². The van der Waals surface area contributed by atoms with Crippen LogP contribution in [0.2, 0.25) is 5.02 Å². The quantitative estimate of drug-likeness (QED) is 0.870. The third-order valence-electron chi connectivity index (χ3n) is 2.33. The fraction of sp³-hybridized carbons (Fsp3) is 0.0769. The van der Waals surface area contributed by atoms with Gasteiger partial charge < -0.3 is 5.32 Å². The molecule has 0 aliphatic rings. The minimum absolute atomic E-state index is 0.203. The van der Waals surface area contributed by atoms with Crippen molar-refractivity contribution in [2.45, 2.75) is 5.33 Å². The predicted octanol–water partition coefficient (Wildman–Crippen LogP) is 3.88. The summed E-state index contributed by atoms with van der Waals surface area (Å²) in [5.41, 5.74) is 1.70. The average molecular weight is 326 g/mol. The monoisotopic (exact) mass is 324 g/mol. The molecule has 92 valence electrons. The highest BCUT2D eigenvalue weighted by atomic mass is 79.9. The first-order chi connectivity index (χ1) is 8.69. The van der Waals surface area contributed by atoms with Gasteiger partial charge in [0.1, 0.15) is 5.82 Å². The molecule has 3 nitrogen and oxygen atoms in total. The highest BCUT2D eigenvalue weighted by Gasteiger charge is 2.06.